The molecule has 316 valence electrons. The van der Waals surface area contributed by atoms with E-state index in [4.69, 9.17) is 9.47 Å². The zero-order valence-corrected chi connectivity index (χ0v) is 36.6. The van der Waals surface area contributed by atoms with Crippen LogP contribution in [0.25, 0.3) is 0 Å². The predicted octanol–water partition coefficient (Wildman–Crippen LogP) is 13.1. The van der Waals surface area contributed by atoms with Crippen LogP contribution >= 0.6 is 0 Å². The van der Waals surface area contributed by atoms with Gasteiger partial charge >= 0.3 is 0 Å². The summed E-state index contributed by atoms with van der Waals surface area (Å²) in [4.78, 5) is 0. The molecule has 0 aromatic carbocycles. The van der Waals surface area contributed by atoms with Gasteiger partial charge < -0.3 is 19.7 Å². The molecule has 0 amide bonds. The summed E-state index contributed by atoms with van der Waals surface area (Å²) in [5.41, 5.74) is 2.28. The molecule has 56 heavy (non-hydrogen) atoms. The standard InChI is InChI=1S/C52H84O4/c1-3-5-7-9-11-13-15-17-19-21-23-25-27-29-31-37-43-55-47-51-41-35-33-40-50(46-54)52(42-36-34-39-49(51)45-53)48-56-44-38-32-30-28-26-24-22-20-18-16-14-12-10-8-6-4-2/h53-54H,3-32,37-38,43-48H2,1-2H3/b51-49-,52-50-. The summed E-state index contributed by atoms with van der Waals surface area (Å²) in [7, 11) is 0. The SMILES string of the molecule is CCCCCCCCCCCCCCCCCCOC/C1=C(\CO)C#CC#C/C(COCCCCCCCCCCCCCCCCCC)=C(/CO)C#CC#C1. The lowest BCUT2D eigenvalue weighted by molar-refractivity contribution is 0.152. The molecule has 0 fully saturated rings. The summed E-state index contributed by atoms with van der Waals surface area (Å²) in [6, 6.07) is 0. The Bertz CT molecular complexity index is 1150. The molecule has 0 atom stereocenters. The third-order valence-corrected chi connectivity index (χ3v) is 10.8. The van der Waals surface area contributed by atoms with Crippen molar-refractivity contribution >= 4 is 0 Å². The van der Waals surface area contributed by atoms with Gasteiger partial charge in [0.25, 0.3) is 0 Å². The Hall–Kier alpha value is -2.44. The number of aliphatic hydroxyl groups is 2. The van der Waals surface area contributed by atoms with E-state index in [1.165, 1.54) is 180 Å². The summed E-state index contributed by atoms with van der Waals surface area (Å²) in [6.45, 7) is 5.97. The molecule has 0 bridgehead atoms. The van der Waals surface area contributed by atoms with Gasteiger partial charge in [0.05, 0.1) is 26.4 Å². The molecule has 0 aromatic rings. The van der Waals surface area contributed by atoms with Crippen molar-refractivity contribution in [3.8, 4) is 47.4 Å². The van der Waals surface area contributed by atoms with E-state index >= 15 is 0 Å². The van der Waals surface area contributed by atoms with Gasteiger partial charge in [0.1, 0.15) is 0 Å². The van der Waals surface area contributed by atoms with Gasteiger partial charge in [-0.15, -0.1) is 0 Å². The van der Waals surface area contributed by atoms with Crippen LogP contribution in [0.1, 0.15) is 219 Å². The third kappa shape index (κ3) is 32.6. The molecule has 4 heteroatoms. The molecular weight excluding hydrogens is 689 g/mol. The van der Waals surface area contributed by atoms with Crippen LogP contribution in [-0.4, -0.2) is 49.9 Å². The van der Waals surface area contributed by atoms with E-state index in [1.807, 2.05) is 0 Å². The second-order valence-corrected chi connectivity index (χ2v) is 15.9. The van der Waals surface area contributed by atoms with Crippen molar-refractivity contribution in [3.05, 3.63) is 22.3 Å². The van der Waals surface area contributed by atoms with E-state index in [9.17, 15) is 10.2 Å². The van der Waals surface area contributed by atoms with Crippen LogP contribution in [0.15, 0.2) is 22.3 Å². The Morgan fingerprint density at radius 1 is 0.304 bits per heavy atom. The molecule has 4 nitrogen and oxygen atoms in total. The van der Waals surface area contributed by atoms with Crippen LogP contribution in [0.3, 0.4) is 0 Å². The number of hydrogen-bond donors (Lipinski definition) is 2. The van der Waals surface area contributed by atoms with Crippen molar-refractivity contribution in [2.45, 2.75) is 219 Å². The van der Waals surface area contributed by atoms with Crippen LogP contribution in [0.2, 0.25) is 0 Å². The quantitative estimate of drug-likeness (QED) is 0.0481. The molecule has 1 rings (SSSR count). The number of aliphatic hydroxyl groups excluding tert-OH is 2. The Labute approximate surface area is 347 Å². The molecule has 0 aliphatic heterocycles. The average Bonchev–Trinajstić information content (AvgIpc) is 3.21. The van der Waals surface area contributed by atoms with Gasteiger partial charge in [-0.2, -0.15) is 0 Å². The normalized spacial score (nSPS) is 15.1. The monoisotopic (exact) mass is 773 g/mol. The molecule has 1 aliphatic carbocycles. The maximum Gasteiger partial charge on any atom is 0.0805 e. The van der Waals surface area contributed by atoms with Gasteiger partial charge in [0, 0.05) is 35.5 Å². The van der Waals surface area contributed by atoms with E-state index in [1.54, 1.807) is 0 Å². The second kappa shape index (κ2) is 42.2. The van der Waals surface area contributed by atoms with E-state index in [0.29, 0.717) is 35.5 Å². The van der Waals surface area contributed by atoms with Crippen LogP contribution in [0.5, 0.6) is 0 Å². The summed E-state index contributed by atoms with van der Waals surface area (Å²) in [6.07, 6.45) is 42.9. The zero-order valence-electron chi connectivity index (χ0n) is 36.6. The molecular formula is C52H84O4. The second-order valence-electron chi connectivity index (χ2n) is 15.9. The lowest BCUT2D eigenvalue weighted by Crippen LogP contribution is -2.05. The highest BCUT2D eigenvalue weighted by Gasteiger charge is 2.05. The Balaban J connectivity index is 2.25. The summed E-state index contributed by atoms with van der Waals surface area (Å²) < 4.78 is 11.9. The minimum atomic E-state index is -0.235. The maximum absolute atomic E-state index is 10.0. The number of unbranched alkanes of at least 4 members (excludes halogenated alkanes) is 30. The molecule has 1 aliphatic rings. The Kier molecular flexibility index (Phi) is 38.8. The summed E-state index contributed by atoms with van der Waals surface area (Å²) in [5, 5.41) is 20.1. The van der Waals surface area contributed by atoms with Crippen molar-refractivity contribution < 1.29 is 19.7 Å². The molecule has 0 saturated heterocycles. The van der Waals surface area contributed by atoms with E-state index in [-0.39, 0.29) is 26.4 Å². The molecule has 0 heterocycles. The van der Waals surface area contributed by atoms with Crippen molar-refractivity contribution in [2.75, 3.05) is 39.6 Å². The first-order chi connectivity index (χ1) is 27.8. The lowest BCUT2D eigenvalue weighted by atomic mass is 10.0. The highest BCUT2D eigenvalue weighted by Crippen LogP contribution is 2.16. The molecule has 0 unspecified atom stereocenters. The third-order valence-electron chi connectivity index (χ3n) is 10.8. The van der Waals surface area contributed by atoms with E-state index < -0.39 is 0 Å². The maximum atomic E-state index is 10.0. The van der Waals surface area contributed by atoms with Crippen LogP contribution in [0.4, 0.5) is 0 Å². The van der Waals surface area contributed by atoms with Gasteiger partial charge in [0.2, 0.25) is 0 Å². The largest absolute Gasteiger partial charge is 0.391 e. The minimum absolute atomic E-state index is 0.235. The first kappa shape index (κ1) is 51.6. The molecule has 2 N–H and O–H groups in total. The van der Waals surface area contributed by atoms with Crippen LogP contribution in [-0.2, 0) is 9.47 Å². The van der Waals surface area contributed by atoms with Crippen molar-refractivity contribution in [3.63, 3.8) is 0 Å². The first-order valence-electron chi connectivity index (χ1n) is 23.6. The minimum Gasteiger partial charge on any atom is -0.391 e. The zero-order chi connectivity index (χ0) is 40.3. The van der Waals surface area contributed by atoms with Gasteiger partial charge in [-0.05, 0) is 36.5 Å². The fourth-order valence-corrected chi connectivity index (χ4v) is 7.10. The topological polar surface area (TPSA) is 58.9 Å². The summed E-state index contributed by atoms with van der Waals surface area (Å²) >= 11 is 0. The van der Waals surface area contributed by atoms with Crippen molar-refractivity contribution in [1.29, 1.82) is 0 Å². The van der Waals surface area contributed by atoms with Crippen LogP contribution < -0.4 is 0 Å². The molecule has 0 aromatic heterocycles. The predicted molar refractivity (Wildman–Crippen MR) is 240 cm³/mol. The number of rotatable bonds is 40. The van der Waals surface area contributed by atoms with Gasteiger partial charge in [-0.3, -0.25) is 0 Å². The molecule has 0 saturated carbocycles. The number of hydrogen-bond acceptors (Lipinski definition) is 4. The smallest absolute Gasteiger partial charge is 0.0805 e. The van der Waals surface area contributed by atoms with Gasteiger partial charge in [-0.1, -0.05) is 230 Å². The van der Waals surface area contributed by atoms with Gasteiger partial charge in [-0.25, -0.2) is 0 Å². The molecule has 0 radical (unpaired) electrons. The van der Waals surface area contributed by atoms with E-state index in [2.05, 4.69) is 61.2 Å². The average molecular weight is 773 g/mol. The Morgan fingerprint density at radius 3 is 0.750 bits per heavy atom. The van der Waals surface area contributed by atoms with E-state index in [0.717, 1.165) is 25.7 Å². The van der Waals surface area contributed by atoms with Gasteiger partial charge in [0.15, 0.2) is 0 Å². The van der Waals surface area contributed by atoms with Crippen molar-refractivity contribution in [1.82, 2.24) is 0 Å². The highest BCUT2D eigenvalue weighted by atomic mass is 16.5. The fourth-order valence-electron chi connectivity index (χ4n) is 7.10. The first-order valence-corrected chi connectivity index (χ1v) is 23.6. The number of ether oxygens (including phenoxy) is 2. The lowest BCUT2D eigenvalue weighted by Gasteiger charge is -2.07. The Morgan fingerprint density at radius 2 is 0.518 bits per heavy atom. The van der Waals surface area contributed by atoms with Crippen LogP contribution in [0, 0.1) is 47.4 Å². The van der Waals surface area contributed by atoms with Crippen molar-refractivity contribution in [2.24, 2.45) is 0 Å². The summed E-state index contributed by atoms with van der Waals surface area (Å²) in [5.74, 6) is 23.5. The highest BCUT2D eigenvalue weighted by molar-refractivity contribution is 5.53. The fraction of sp³-hybridized carbons (Fsp3) is 0.769. The molecule has 0 spiro atoms.